The van der Waals surface area contributed by atoms with Crippen molar-refractivity contribution in [3.8, 4) is 0 Å². The highest BCUT2D eigenvalue weighted by Gasteiger charge is 2.22. The standard InChI is InChI=1S/C21H20ClNOS/c22-15-10-12-16(13-11-15)25-21-19(14-6-2-1-3-7-14)23-18-9-5-4-8-17(18)20(21)24/h4-5,8-14H,1-3,6-7H2,(H,23,24). The second kappa shape index (κ2) is 7.27. The van der Waals surface area contributed by atoms with Crippen molar-refractivity contribution in [3.05, 3.63) is 69.5 Å². The Balaban J connectivity index is 1.85. The highest BCUT2D eigenvalue weighted by molar-refractivity contribution is 7.99. The fourth-order valence-corrected chi connectivity index (χ4v) is 4.80. The third-order valence-electron chi connectivity index (χ3n) is 4.94. The molecule has 0 bridgehead atoms. The van der Waals surface area contributed by atoms with E-state index in [2.05, 4.69) is 4.98 Å². The molecule has 1 heterocycles. The van der Waals surface area contributed by atoms with Gasteiger partial charge < -0.3 is 4.98 Å². The average Bonchev–Trinajstić information content (AvgIpc) is 2.66. The number of benzene rings is 2. The van der Waals surface area contributed by atoms with E-state index in [0.717, 1.165) is 39.2 Å². The molecule has 0 spiro atoms. The number of nitrogens with one attached hydrogen (secondary N) is 1. The fourth-order valence-electron chi connectivity index (χ4n) is 3.64. The summed E-state index contributed by atoms with van der Waals surface area (Å²) in [6.45, 7) is 0. The van der Waals surface area contributed by atoms with E-state index in [1.54, 1.807) is 11.8 Å². The maximum absolute atomic E-state index is 13.2. The molecule has 25 heavy (non-hydrogen) atoms. The SMILES string of the molecule is O=c1c(Sc2ccc(Cl)cc2)c(C2CCCCC2)[nH]c2ccccc12. The Kier molecular flexibility index (Phi) is 4.87. The summed E-state index contributed by atoms with van der Waals surface area (Å²) in [4.78, 5) is 18.7. The Morgan fingerprint density at radius 3 is 2.44 bits per heavy atom. The topological polar surface area (TPSA) is 32.9 Å². The first-order valence-electron chi connectivity index (χ1n) is 8.81. The molecule has 0 radical (unpaired) electrons. The summed E-state index contributed by atoms with van der Waals surface area (Å²) in [5, 5.41) is 1.47. The molecule has 0 saturated heterocycles. The predicted molar refractivity (Wildman–Crippen MR) is 106 cm³/mol. The van der Waals surface area contributed by atoms with Crippen molar-refractivity contribution < 1.29 is 0 Å². The lowest BCUT2D eigenvalue weighted by Gasteiger charge is -2.24. The minimum atomic E-state index is 0.134. The van der Waals surface area contributed by atoms with E-state index < -0.39 is 0 Å². The van der Waals surface area contributed by atoms with Crippen LogP contribution in [-0.2, 0) is 0 Å². The number of aromatic amines is 1. The molecule has 3 aromatic rings. The summed E-state index contributed by atoms with van der Waals surface area (Å²) < 4.78 is 0. The normalized spacial score (nSPS) is 15.6. The smallest absolute Gasteiger partial charge is 0.203 e. The summed E-state index contributed by atoms with van der Waals surface area (Å²) in [6, 6.07) is 15.5. The number of para-hydroxylation sites is 1. The number of pyridine rings is 1. The van der Waals surface area contributed by atoms with Gasteiger partial charge >= 0.3 is 0 Å². The second-order valence-corrected chi connectivity index (χ2v) is 8.15. The predicted octanol–water partition coefficient (Wildman–Crippen LogP) is 6.38. The molecule has 1 aromatic heterocycles. The average molecular weight is 370 g/mol. The van der Waals surface area contributed by atoms with Crippen LogP contribution >= 0.6 is 23.4 Å². The van der Waals surface area contributed by atoms with Gasteiger partial charge in [0, 0.05) is 32.4 Å². The summed E-state index contributed by atoms with van der Waals surface area (Å²) in [5.74, 6) is 0.445. The van der Waals surface area contributed by atoms with Crippen LogP contribution in [0, 0.1) is 0 Å². The molecule has 0 atom stereocenters. The van der Waals surface area contributed by atoms with Crippen molar-refractivity contribution in [2.24, 2.45) is 0 Å². The first-order chi connectivity index (χ1) is 12.2. The number of halogens is 1. The van der Waals surface area contributed by atoms with Crippen LogP contribution in [0.2, 0.25) is 5.02 Å². The Morgan fingerprint density at radius 2 is 1.68 bits per heavy atom. The van der Waals surface area contributed by atoms with Gasteiger partial charge in [-0.3, -0.25) is 4.79 Å². The molecular formula is C21H20ClNOS. The molecule has 0 unspecified atom stereocenters. The van der Waals surface area contributed by atoms with E-state index in [-0.39, 0.29) is 5.43 Å². The van der Waals surface area contributed by atoms with Crippen LogP contribution in [0.3, 0.4) is 0 Å². The van der Waals surface area contributed by atoms with Crippen molar-refractivity contribution in [3.63, 3.8) is 0 Å². The van der Waals surface area contributed by atoms with Gasteiger partial charge in [-0.2, -0.15) is 0 Å². The maximum atomic E-state index is 13.2. The van der Waals surface area contributed by atoms with Crippen LogP contribution in [0.1, 0.15) is 43.7 Å². The van der Waals surface area contributed by atoms with Gasteiger partial charge in [-0.05, 0) is 49.2 Å². The zero-order valence-electron chi connectivity index (χ0n) is 13.9. The largest absolute Gasteiger partial charge is 0.357 e. The summed E-state index contributed by atoms with van der Waals surface area (Å²) in [7, 11) is 0. The number of fused-ring (bicyclic) bond motifs is 1. The van der Waals surface area contributed by atoms with Gasteiger partial charge in [-0.15, -0.1) is 0 Å². The van der Waals surface area contributed by atoms with Crippen LogP contribution in [0.15, 0.2) is 63.1 Å². The fraction of sp³-hybridized carbons (Fsp3) is 0.286. The van der Waals surface area contributed by atoms with E-state index >= 15 is 0 Å². The number of H-pyrrole nitrogens is 1. The van der Waals surface area contributed by atoms with Crippen molar-refractivity contribution in [2.45, 2.75) is 47.8 Å². The lowest BCUT2D eigenvalue weighted by atomic mass is 9.86. The van der Waals surface area contributed by atoms with Gasteiger partial charge in [0.05, 0.1) is 4.90 Å². The zero-order valence-corrected chi connectivity index (χ0v) is 15.5. The summed E-state index contributed by atoms with van der Waals surface area (Å²) in [6.07, 6.45) is 6.09. The van der Waals surface area contributed by atoms with Crippen molar-refractivity contribution >= 4 is 34.3 Å². The molecule has 1 saturated carbocycles. The molecule has 1 aliphatic rings. The van der Waals surface area contributed by atoms with Gasteiger partial charge in [-0.1, -0.05) is 54.8 Å². The van der Waals surface area contributed by atoms with Gasteiger partial charge in [-0.25, -0.2) is 0 Å². The highest BCUT2D eigenvalue weighted by Crippen LogP contribution is 2.38. The van der Waals surface area contributed by atoms with E-state index in [1.807, 2.05) is 48.5 Å². The van der Waals surface area contributed by atoms with E-state index in [9.17, 15) is 4.79 Å². The van der Waals surface area contributed by atoms with Crippen molar-refractivity contribution in [1.82, 2.24) is 4.98 Å². The molecule has 1 N–H and O–H groups in total. The number of hydrogen-bond acceptors (Lipinski definition) is 2. The third-order valence-corrected chi connectivity index (χ3v) is 6.31. The third kappa shape index (κ3) is 3.49. The molecule has 4 heteroatoms. The van der Waals surface area contributed by atoms with Gasteiger partial charge in [0.25, 0.3) is 0 Å². The Morgan fingerprint density at radius 1 is 0.960 bits per heavy atom. The molecule has 2 aromatic carbocycles. The first kappa shape index (κ1) is 16.7. The molecular weight excluding hydrogens is 350 g/mol. The van der Waals surface area contributed by atoms with Crippen LogP contribution in [-0.4, -0.2) is 4.98 Å². The lowest BCUT2D eigenvalue weighted by Crippen LogP contribution is -2.15. The Bertz CT molecular complexity index is 942. The van der Waals surface area contributed by atoms with Gasteiger partial charge in [0.15, 0.2) is 0 Å². The lowest BCUT2D eigenvalue weighted by molar-refractivity contribution is 0.432. The van der Waals surface area contributed by atoms with Crippen molar-refractivity contribution in [2.75, 3.05) is 0 Å². The van der Waals surface area contributed by atoms with Crippen LogP contribution in [0.25, 0.3) is 10.9 Å². The van der Waals surface area contributed by atoms with Crippen molar-refractivity contribution in [1.29, 1.82) is 0 Å². The monoisotopic (exact) mass is 369 g/mol. The Hall–Kier alpha value is -1.71. The molecule has 0 amide bonds. The molecule has 1 fully saturated rings. The highest BCUT2D eigenvalue weighted by atomic mass is 35.5. The quantitative estimate of drug-likeness (QED) is 0.580. The molecule has 1 aliphatic carbocycles. The molecule has 0 aliphatic heterocycles. The van der Waals surface area contributed by atoms with Crippen LogP contribution < -0.4 is 5.43 Å². The van der Waals surface area contributed by atoms with Gasteiger partial charge in [0.2, 0.25) is 5.43 Å². The van der Waals surface area contributed by atoms with E-state index in [0.29, 0.717) is 10.9 Å². The Labute approximate surface area is 156 Å². The summed E-state index contributed by atoms with van der Waals surface area (Å²) >= 11 is 7.56. The second-order valence-electron chi connectivity index (χ2n) is 6.63. The number of aromatic nitrogens is 1. The van der Waals surface area contributed by atoms with E-state index in [4.69, 9.17) is 11.6 Å². The van der Waals surface area contributed by atoms with Crippen LogP contribution in [0.5, 0.6) is 0 Å². The minimum Gasteiger partial charge on any atom is -0.357 e. The van der Waals surface area contributed by atoms with E-state index in [1.165, 1.54) is 19.3 Å². The number of rotatable bonds is 3. The summed E-state index contributed by atoms with van der Waals surface area (Å²) in [5.41, 5.74) is 2.19. The first-order valence-corrected chi connectivity index (χ1v) is 10.00. The number of hydrogen-bond donors (Lipinski definition) is 1. The van der Waals surface area contributed by atoms with Gasteiger partial charge in [0.1, 0.15) is 0 Å². The molecule has 2 nitrogen and oxygen atoms in total. The molecule has 4 rings (SSSR count). The molecule has 128 valence electrons. The zero-order chi connectivity index (χ0) is 17.2. The van der Waals surface area contributed by atoms with Crippen LogP contribution in [0.4, 0.5) is 0 Å². The minimum absolute atomic E-state index is 0.134. The maximum Gasteiger partial charge on any atom is 0.203 e.